The summed E-state index contributed by atoms with van der Waals surface area (Å²) in [5.74, 6) is 1.59. The fraction of sp³-hybridized carbons (Fsp3) is 0.286. The summed E-state index contributed by atoms with van der Waals surface area (Å²) >= 11 is 0. The number of anilines is 3. The molecule has 0 aliphatic carbocycles. The fourth-order valence-corrected chi connectivity index (χ4v) is 1.79. The molecule has 0 saturated heterocycles. The number of para-hydroxylation sites is 1. The predicted molar refractivity (Wildman–Crippen MR) is 75.4 cm³/mol. The van der Waals surface area contributed by atoms with Crippen molar-refractivity contribution in [2.45, 2.75) is 13.8 Å². The van der Waals surface area contributed by atoms with Gasteiger partial charge in [0, 0.05) is 31.0 Å². The predicted octanol–water partition coefficient (Wildman–Crippen LogP) is 2.98. The molecule has 1 aromatic heterocycles. The smallest absolute Gasteiger partial charge is 0.224 e. The highest BCUT2D eigenvalue weighted by molar-refractivity contribution is 5.62. The molecule has 0 unspecified atom stereocenters. The van der Waals surface area contributed by atoms with Gasteiger partial charge in [-0.05, 0) is 26.0 Å². The summed E-state index contributed by atoms with van der Waals surface area (Å²) in [4.78, 5) is 10.9. The molecular formula is C14H18N4. The van der Waals surface area contributed by atoms with Gasteiger partial charge >= 0.3 is 0 Å². The minimum absolute atomic E-state index is 0.667. The fourth-order valence-electron chi connectivity index (χ4n) is 1.79. The lowest BCUT2D eigenvalue weighted by atomic mass is 10.2. The second-order valence-electron chi connectivity index (χ2n) is 4.13. The molecule has 0 atom stereocenters. The van der Waals surface area contributed by atoms with E-state index in [4.69, 9.17) is 0 Å². The molecule has 0 aliphatic rings. The summed E-state index contributed by atoms with van der Waals surface area (Å²) in [6.07, 6.45) is 1.85. The first kappa shape index (κ1) is 12.4. The van der Waals surface area contributed by atoms with E-state index in [2.05, 4.69) is 32.3 Å². The number of nitrogens with one attached hydrogen (secondary N) is 1. The van der Waals surface area contributed by atoms with Crippen molar-refractivity contribution in [3.8, 4) is 0 Å². The maximum atomic E-state index is 4.54. The van der Waals surface area contributed by atoms with Crippen LogP contribution in [0.3, 0.4) is 0 Å². The Morgan fingerprint density at radius 3 is 2.61 bits per heavy atom. The van der Waals surface area contributed by atoms with Crippen molar-refractivity contribution in [1.29, 1.82) is 0 Å². The molecular weight excluding hydrogens is 224 g/mol. The van der Waals surface area contributed by atoms with Crippen LogP contribution in [0.5, 0.6) is 0 Å². The molecule has 1 N–H and O–H groups in total. The maximum Gasteiger partial charge on any atom is 0.224 e. The number of aromatic nitrogens is 2. The largest absolute Gasteiger partial charge is 0.354 e. The Balaban J connectivity index is 2.35. The van der Waals surface area contributed by atoms with Crippen molar-refractivity contribution < 1.29 is 0 Å². The van der Waals surface area contributed by atoms with E-state index in [1.54, 1.807) is 0 Å². The maximum absolute atomic E-state index is 4.54. The van der Waals surface area contributed by atoms with Gasteiger partial charge in [0.25, 0.3) is 0 Å². The molecule has 94 valence electrons. The minimum Gasteiger partial charge on any atom is -0.354 e. The Bertz CT molecular complexity index is 510. The zero-order valence-corrected chi connectivity index (χ0v) is 11.0. The van der Waals surface area contributed by atoms with Crippen LogP contribution >= 0.6 is 0 Å². The van der Waals surface area contributed by atoms with E-state index in [1.807, 2.05) is 45.3 Å². The Kier molecular flexibility index (Phi) is 3.77. The number of rotatable bonds is 4. The monoisotopic (exact) mass is 242 g/mol. The quantitative estimate of drug-likeness (QED) is 0.895. The average molecular weight is 242 g/mol. The molecule has 0 fully saturated rings. The van der Waals surface area contributed by atoms with Gasteiger partial charge in [-0.25, -0.2) is 4.98 Å². The lowest BCUT2D eigenvalue weighted by Crippen LogP contribution is -2.14. The molecule has 4 nitrogen and oxygen atoms in total. The van der Waals surface area contributed by atoms with E-state index in [0.717, 1.165) is 23.6 Å². The first-order valence-corrected chi connectivity index (χ1v) is 6.08. The number of hydrogen-bond acceptors (Lipinski definition) is 4. The highest BCUT2D eigenvalue weighted by Crippen LogP contribution is 2.24. The Labute approximate surface area is 108 Å². The second-order valence-corrected chi connectivity index (χ2v) is 4.13. The number of nitrogens with zero attached hydrogens (tertiary/aromatic N) is 3. The average Bonchev–Trinajstić information content (AvgIpc) is 2.41. The third-order valence-electron chi connectivity index (χ3n) is 2.74. The van der Waals surface area contributed by atoms with E-state index < -0.39 is 0 Å². The minimum atomic E-state index is 0.667. The van der Waals surface area contributed by atoms with Crippen LogP contribution in [-0.4, -0.2) is 23.6 Å². The summed E-state index contributed by atoms with van der Waals surface area (Å²) in [5.41, 5.74) is 2.17. The Morgan fingerprint density at radius 2 is 1.94 bits per heavy atom. The van der Waals surface area contributed by atoms with Gasteiger partial charge in [0.1, 0.15) is 5.82 Å². The molecule has 2 aromatic rings. The molecule has 2 rings (SSSR count). The molecule has 0 aliphatic heterocycles. The molecule has 1 heterocycles. The molecule has 0 amide bonds. The van der Waals surface area contributed by atoms with Crippen LogP contribution < -0.4 is 10.2 Å². The summed E-state index contributed by atoms with van der Waals surface area (Å²) < 4.78 is 0. The zero-order chi connectivity index (χ0) is 13.0. The van der Waals surface area contributed by atoms with Gasteiger partial charge in [-0.15, -0.1) is 0 Å². The van der Waals surface area contributed by atoms with Gasteiger partial charge in [0.05, 0.1) is 0 Å². The van der Waals surface area contributed by atoms with Crippen molar-refractivity contribution >= 4 is 17.5 Å². The van der Waals surface area contributed by atoms with Crippen molar-refractivity contribution in [3.05, 3.63) is 42.1 Å². The van der Waals surface area contributed by atoms with Crippen LogP contribution in [0.15, 0.2) is 36.5 Å². The van der Waals surface area contributed by atoms with Gasteiger partial charge in [-0.2, -0.15) is 4.98 Å². The number of aryl methyl sites for hydroxylation is 1. The summed E-state index contributed by atoms with van der Waals surface area (Å²) in [6, 6.07) is 10.2. The van der Waals surface area contributed by atoms with E-state index >= 15 is 0 Å². The van der Waals surface area contributed by atoms with Crippen molar-refractivity contribution in [2.24, 2.45) is 0 Å². The normalized spacial score (nSPS) is 10.2. The molecule has 0 saturated carbocycles. The molecule has 0 radical (unpaired) electrons. The van der Waals surface area contributed by atoms with Crippen LogP contribution in [-0.2, 0) is 0 Å². The third kappa shape index (κ3) is 2.59. The van der Waals surface area contributed by atoms with E-state index in [1.165, 1.54) is 0 Å². The molecule has 18 heavy (non-hydrogen) atoms. The van der Waals surface area contributed by atoms with Crippen molar-refractivity contribution in [1.82, 2.24) is 9.97 Å². The topological polar surface area (TPSA) is 41.1 Å². The Morgan fingerprint density at radius 1 is 1.22 bits per heavy atom. The molecule has 0 bridgehead atoms. The lowest BCUT2D eigenvalue weighted by Gasteiger charge is -2.20. The first-order chi connectivity index (χ1) is 8.72. The lowest BCUT2D eigenvalue weighted by molar-refractivity contribution is 1.03. The van der Waals surface area contributed by atoms with E-state index in [-0.39, 0.29) is 0 Å². The molecule has 1 aromatic carbocycles. The van der Waals surface area contributed by atoms with Gasteiger partial charge in [-0.3, -0.25) is 0 Å². The highest BCUT2D eigenvalue weighted by Gasteiger charge is 2.09. The molecule has 0 spiro atoms. The van der Waals surface area contributed by atoms with Gasteiger partial charge < -0.3 is 10.2 Å². The second kappa shape index (κ2) is 5.49. The SMILES string of the molecule is CCNc1ncc(C)c(N(C)c2ccccc2)n1. The number of hydrogen-bond donors (Lipinski definition) is 1. The van der Waals surface area contributed by atoms with E-state index in [0.29, 0.717) is 5.95 Å². The van der Waals surface area contributed by atoms with Crippen LogP contribution in [0, 0.1) is 6.92 Å². The van der Waals surface area contributed by atoms with Crippen LogP contribution in [0.25, 0.3) is 0 Å². The summed E-state index contributed by atoms with van der Waals surface area (Å²) in [7, 11) is 2.01. The molecule has 4 heteroatoms. The third-order valence-corrected chi connectivity index (χ3v) is 2.74. The van der Waals surface area contributed by atoms with Crippen LogP contribution in [0.2, 0.25) is 0 Å². The van der Waals surface area contributed by atoms with Gasteiger partial charge in [0.2, 0.25) is 5.95 Å². The van der Waals surface area contributed by atoms with Crippen LogP contribution in [0.1, 0.15) is 12.5 Å². The summed E-state index contributed by atoms with van der Waals surface area (Å²) in [5, 5.41) is 3.13. The summed E-state index contributed by atoms with van der Waals surface area (Å²) in [6.45, 7) is 4.87. The standard InChI is InChI=1S/C14H18N4/c1-4-15-14-16-10-11(2)13(17-14)18(3)12-8-6-5-7-9-12/h5-10H,4H2,1-3H3,(H,15,16,17). The number of benzene rings is 1. The van der Waals surface area contributed by atoms with Crippen LogP contribution in [0.4, 0.5) is 17.5 Å². The first-order valence-electron chi connectivity index (χ1n) is 6.08. The van der Waals surface area contributed by atoms with Crippen molar-refractivity contribution in [3.63, 3.8) is 0 Å². The van der Waals surface area contributed by atoms with Gasteiger partial charge in [0.15, 0.2) is 0 Å². The van der Waals surface area contributed by atoms with Crippen molar-refractivity contribution in [2.75, 3.05) is 23.8 Å². The van der Waals surface area contributed by atoms with E-state index in [9.17, 15) is 0 Å². The highest BCUT2D eigenvalue weighted by atomic mass is 15.2. The Hall–Kier alpha value is -2.10. The zero-order valence-electron chi connectivity index (χ0n) is 11.0. The van der Waals surface area contributed by atoms with Gasteiger partial charge in [-0.1, -0.05) is 18.2 Å².